The van der Waals surface area contributed by atoms with Crippen molar-refractivity contribution in [1.29, 1.82) is 0 Å². The summed E-state index contributed by atoms with van der Waals surface area (Å²) < 4.78 is 0. The average Bonchev–Trinajstić information content (AvgIpc) is 2.93. The Bertz CT molecular complexity index is 1350. The Morgan fingerprint density at radius 1 is 1.05 bits per heavy atom. The average molecular weight is 549 g/mol. The van der Waals surface area contributed by atoms with Crippen LogP contribution in [0, 0.1) is 12.3 Å². The normalized spacial score (nSPS) is 18.0. The Balaban J connectivity index is 1.52. The predicted octanol–water partition coefficient (Wildman–Crippen LogP) is 8.83. The molecule has 4 nitrogen and oxygen atoms in total. The van der Waals surface area contributed by atoms with Crippen molar-refractivity contribution in [1.82, 2.24) is 10.2 Å². The SMILES string of the molecule is C=NC(=N\C(=C/C)C(=C)NC(C)c1ccc(C(=C2CC3(C2)CN(C)C3)c2ccc(C)cc2)cc1)/C(=C/CC)CCC. The molecular weight excluding hydrogens is 500 g/mol. The second-order valence-corrected chi connectivity index (χ2v) is 12.0. The van der Waals surface area contributed by atoms with Crippen LogP contribution < -0.4 is 5.32 Å². The molecule has 4 rings (SSSR count). The van der Waals surface area contributed by atoms with Crippen LogP contribution in [0.3, 0.4) is 0 Å². The van der Waals surface area contributed by atoms with Crippen LogP contribution in [0.5, 0.6) is 0 Å². The lowest BCUT2D eigenvalue weighted by atomic mass is 9.59. The number of benzene rings is 2. The van der Waals surface area contributed by atoms with Gasteiger partial charge < -0.3 is 10.2 Å². The van der Waals surface area contributed by atoms with Crippen molar-refractivity contribution >= 4 is 18.1 Å². The van der Waals surface area contributed by atoms with Gasteiger partial charge in [-0.3, -0.25) is 0 Å². The molecular formula is C37H48N4. The van der Waals surface area contributed by atoms with E-state index in [1.807, 2.05) is 13.0 Å². The molecule has 41 heavy (non-hydrogen) atoms. The van der Waals surface area contributed by atoms with Crippen LogP contribution in [0.2, 0.25) is 0 Å². The largest absolute Gasteiger partial charge is 0.377 e. The van der Waals surface area contributed by atoms with Gasteiger partial charge in [0.05, 0.1) is 11.4 Å². The molecule has 4 heteroatoms. The van der Waals surface area contributed by atoms with E-state index < -0.39 is 0 Å². The summed E-state index contributed by atoms with van der Waals surface area (Å²) in [5.74, 6) is 0.685. The van der Waals surface area contributed by atoms with Crippen molar-refractivity contribution in [3.63, 3.8) is 0 Å². The molecule has 2 aromatic rings. The second-order valence-electron chi connectivity index (χ2n) is 12.0. The maximum absolute atomic E-state index is 4.85. The number of hydrogen-bond donors (Lipinski definition) is 1. The van der Waals surface area contributed by atoms with E-state index in [9.17, 15) is 0 Å². The van der Waals surface area contributed by atoms with E-state index in [1.165, 1.54) is 53.8 Å². The summed E-state index contributed by atoms with van der Waals surface area (Å²) in [6.07, 6.45) is 9.52. The highest BCUT2D eigenvalue weighted by molar-refractivity contribution is 6.01. The zero-order chi connectivity index (χ0) is 29.6. The molecule has 1 N–H and O–H groups in total. The van der Waals surface area contributed by atoms with E-state index in [0.29, 0.717) is 11.3 Å². The summed E-state index contributed by atoms with van der Waals surface area (Å²) >= 11 is 0. The summed E-state index contributed by atoms with van der Waals surface area (Å²) in [5, 5.41) is 3.57. The Labute approximate surface area is 248 Å². The highest BCUT2D eigenvalue weighted by Crippen LogP contribution is 2.54. The van der Waals surface area contributed by atoms with Crippen LogP contribution in [-0.2, 0) is 0 Å². The van der Waals surface area contributed by atoms with Gasteiger partial charge in [-0.25, -0.2) is 9.98 Å². The molecule has 0 amide bonds. The van der Waals surface area contributed by atoms with Crippen molar-refractivity contribution in [2.24, 2.45) is 15.4 Å². The number of rotatable bonds is 11. The first-order chi connectivity index (χ1) is 19.7. The van der Waals surface area contributed by atoms with Gasteiger partial charge in [0, 0.05) is 24.5 Å². The molecule has 1 unspecified atom stereocenters. The molecule has 1 aliphatic heterocycles. The van der Waals surface area contributed by atoms with Gasteiger partial charge in [0.25, 0.3) is 0 Å². The Morgan fingerprint density at radius 2 is 1.66 bits per heavy atom. The molecule has 1 saturated heterocycles. The lowest BCUT2D eigenvalue weighted by Gasteiger charge is -2.56. The van der Waals surface area contributed by atoms with E-state index in [-0.39, 0.29) is 6.04 Å². The third kappa shape index (κ3) is 7.05. The Morgan fingerprint density at radius 3 is 2.17 bits per heavy atom. The van der Waals surface area contributed by atoms with E-state index >= 15 is 0 Å². The first-order valence-corrected chi connectivity index (χ1v) is 15.2. The van der Waals surface area contributed by atoms with Crippen molar-refractivity contribution in [2.75, 3.05) is 20.1 Å². The van der Waals surface area contributed by atoms with Gasteiger partial charge >= 0.3 is 0 Å². The fourth-order valence-electron chi connectivity index (χ4n) is 6.45. The molecule has 1 aliphatic carbocycles. The fourth-order valence-corrected chi connectivity index (χ4v) is 6.45. The van der Waals surface area contributed by atoms with Gasteiger partial charge in [0.15, 0.2) is 5.84 Å². The number of nitrogens with zero attached hydrogens (tertiary/aromatic N) is 3. The summed E-state index contributed by atoms with van der Waals surface area (Å²) in [4.78, 5) is 11.5. The molecule has 1 spiro atoms. The zero-order valence-electron chi connectivity index (χ0n) is 26.1. The van der Waals surface area contributed by atoms with E-state index in [2.05, 4.69) is 118 Å². The van der Waals surface area contributed by atoms with E-state index in [4.69, 9.17) is 4.99 Å². The van der Waals surface area contributed by atoms with E-state index in [0.717, 1.165) is 36.2 Å². The van der Waals surface area contributed by atoms with Crippen LogP contribution in [0.25, 0.3) is 5.57 Å². The lowest BCUT2D eigenvalue weighted by molar-refractivity contribution is -0.0106. The molecule has 2 fully saturated rings. The van der Waals surface area contributed by atoms with Gasteiger partial charge in [-0.15, -0.1) is 0 Å². The van der Waals surface area contributed by atoms with Crippen LogP contribution in [0.4, 0.5) is 0 Å². The molecule has 2 aromatic carbocycles. The third-order valence-corrected chi connectivity index (χ3v) is 8.39. The standard InChI is InChI=1S/C37H48N4/c1-9-12-32(13-10-2)36(38-7)40-34(11-3)28(6)39-27(5)29-18-20-31(21-19-29)35(30-16-14-26(4)15-17-30)33-22-37(23-33)24-41(8)25-37/h11-12,14-21,27,39H,6-7,9-10,13,22-25H2,1-5,8H3/b32-12+,34-11-,40-36-. The molecule has 2 aliphatic rings. The number of aryl methyl sites for hydroxylation is 1. The van der Waals surface area contributed by atoms with Gasteiger partial charge in [-0.1, -0.05) is 98.7 Å². The quantitative estimate of drug-likeness (QED) is 0.173. The number of aliphatic imine (C=N–C) groups is 2. The maximum atomic E-state index is 4.85. The molecule has 0 bridgehead atoms. The van der Waals surface area contributed by atoms with Crippen molar-refractivity contribution < 1.29 is 0 Å². The third-order valence-electron chi connectivity index (χ3n) is 8.39. The second kappa shape index (κ2) is 13.4. The number of likely N-dealkylation sites (tertiary alicyclic amines) is 1. The van der Waals surface area contributed by atoms with Crippen molar-refractivity contribution in [3.8, 4) is 0 Å². The number of amidine groups is 1. The first kappa shape index (κ1) is 30.5. The van der Waals surface area contributed by atoms with Gasteiger partial charge in [0.2, 0.25) is 0 Å². The topological polar surface area (TPSA) is 40.0 Å². The van der Waals surface area contributed by atoms with Crippen LogP contribution in [0.1, 0.15) is 88.1 Å². The lowest BCUT2D eigenvalue weighted by Crippen LogP contribution is -2.58. The minimum atomic E-state index is 0.0797. The van der Waals surface area contributed by atoms with Gasteiger partial charge in [-0.05, 0) is 88.1 Å². The number of hydrogen-bond acceptors (Lipinski definition) is 3. The van der Waals surface area contributed by atoms with Crippen molar-refractivity contribution in [3.05, 3.63) is 112 Å². The minimum Gasteiger partial charge on any atom is -0.377 e. The van der Waals surface area contributed by atoms with Crippen LogP contribution in [-0.4, -0.2) is 37.6 Å². The highest BCUT2D eigenvalue weighted by atomic mass is 15.2. The Kier molecular flexibility index (Phi) is 9.99. The first-order valence-electron chi connectivity index (χ1n) is 15.2. The summed E-state index contributed by atoms with van der Waals surface area (Å²) in [6.45, 7) is 21.2. The molecule has 1 atom stereocenters. The van der Waals surface area contributed by atoms with Crippen LogP contribution >= 0.6 is 0 Å². The van der Waals surface area contributed by atoms with E-state index in [1.54, 1.807) is 5.57 Å². The summed E-state index contributed by atoms with van der Waals surface area (Å²) in [7, 11) is 2.23. The smallest absolute Gasteiger partial charge is 0.154 e. The monoisotopic (exact) mass is 548 g/mol. The molecule has 0 radical (unpaired) electrons. The van der Waals surface area contributed by atoms with Crippen molar-refractivity contribution in [2.45, 2.75) is 72.8 Å². The zero-order valence-corrected chi connectivity index (χ0v) is 26.1. The molecule has 216 valence electrons. The Hall–Kier alpha value is -3.50. The molecule has 1 saturated carbocycles. The molecule has 0 aromatic heterocycles. The maximum Gasteiger partial charge on any atom is 0.154 e. The number of allylic oxidation sites excluding steroid dienone is 3. The van der Waals surface area contributed by atoms with Gasteiger partial charge in [0.1, 0.15) is 0 Å². The van der Waals surface area contributed by atoms with Gasteiger partial charge in [-0.2, -0.15) is 0 Å². The summed E-state index contributed by atoms with van der Waals surface area (Å²) in [6, 6.07) is 18.2. The van der Waals surface area contributed by atoms with Crippen LogP contribution in [0.15, 0.2) is 99.8 Å². The highest BCUT2D eigenvalue weighted by Gasteiger charge is 2.49. The molecule has 1 heterocycles. The fraction of sp³-hybridized carbons (Fsp3) is 0.405. The summed E-state index contributed by atoms with van der Waals surface area (Å²) in [5.41, 5.74) is 11.4. The predicted molar refractivity (Wildman–Crippen MR) is 178 cm³/mol. The minimum absolute atomic E-state index is 0.0797. The number of nitrogens with one attached hydrogen (secondary N) is 1.